The van der Waals surface area contributed by atoms with Crippen LogP contribution < -0.4 is 0 Å². The Balaban J connectivity index is 1.99. The lowest BCUT2D eigenvalue weighted by atomic mass is 10.0. The van der Waals surface area contributed by atoms with E-state index in [1.54, 1.807) is 0 Å². The highest BCUT2D eigenvalue weighted by Crippen LogP contribution is 2.11. The molecule has 18 heavy (non-hydrogen) atoms. The Labute approximate surface area is 111 Å². The van der Waals surface area contributed by atoms with Crippen LogP contribution in [0, 0.1) is 13.8 Å². The van der Waals surface area contributed by atoms with E-state index >= 15 is 0 Å². The highest BCUT2D eigenvalue weighted by Gasteiger charge is 2.18. The average molecular weight is 265 g/mol. The van der Waals surface area contributed by atoms with E-state index < -0.39 is 10.8 Å². The van der Waals surface area contributed by atoms with Gasteiger partial charge in [0.25, 0.3) is 0 Å². The molecule has 1 aromatic carbocycles. The second-order valence-electron chi connectivity index (χ2n) is 4.85. The fourth-order valence-electron chi connectivity index (χ4n) is 2.04. The van der Waals surface area contributed by atoms with Gasteiger partial charge in [-0.1, -0.05) is 12.1 Å². The number of nitrogens with zero attached hydrogens (tertiary/aromatic N) is 1. The van der Waals surface area contributed by atoms with Crippen LogP contribution in [0.4, 0.5) is 0 Å². The molecule has 3 nitrogen and oxygen atoms in total. The number of hydrogen-bond donors (Lipinski definition) is 0. The minimum Gasteiger partial charge on any atom is -0.294 e. The lowest BCUT2D eigenvalue weighted by molar-refractivity contribution is 0.0936. The highest BCUT2D eigenvalue weighted by atomic mass is 32.2. The zero-order valence-corrected chi connectivity index (χ0v) is 11.8. The summed E-state index contributed by atoms with van der Waals surface area (Å²) < 4.78 is 11.2. The largest absolute Gasteiger partial charge is 0.294 e. The lowest BCUT2D eigenvalue weighted by Crippen LogP contribution is -2.40. The fraction of sp³-hybridized carbons (Fsp3) is 0.500. The van der Waals surface area contributed by atoms with E-state index in [4.69, 9.17) is 0 Å². The summed E-state index contributed by atoms with van der Waals surface area (Å²) in [7, 11) is -0.680. The first kappa shape index (κ1) is 13.4. The third-order valence-electron chi connectivity index (χ3n) is 3.47. The topological polar surface area (TPSA) is 37.4 Å². The summed E-state index contributed by atoms with van der Waals surface area (Å²) in [6.07, 6.45) is 0. The molecule has 0 unspecified atom stereocenters. The maximum absolute atomic E-state index is 12.1. The molecule has 0 amide bonds. The summed E-state index contributed by atoms with van der Waals surface area (Å²) in [5.74, 6) is 1.55. The van der Waals surface area contributed by atoms with Crippen molar-refractivity contribution in [2.75, 3.05) is 31.1 Å². The fourth-order valence-corrected chi connectivity index (χ4v) is 3.17. The highest BCUT2D eigenvalue weighted by molar-refractivity contribution is 7.85. The van der Waals surface area contributed by atoms with Crippen LogP contribution in [0.5, 0.6) is 0 Å². The van der Waals surface area contributed by atoms with Gasteiger partial charge in [-0.05, 0) is 31.0 Å². The Morgan fingerprint density at radius 3 is 2.50 bits per heavy atom. The molecule has 4 heteroatoms. The molecule has 0 saturated carbocycles. The molecule has 0 aliphatic carbocycles. The molecular formula is C14H19NO2S. The van der Waals surface area contributed by atoms with E-state index in [0.29, 0.717) is 18.1 Å². The molecule has 0 N–H and O–H groups in total. The SMILES string of the molecule is Cc1ccc(C(=O)CN2CCS(=O)CC2)cc1C. The van der Waals surface area contributed by atoms with Gasteiger partial charge in [0.15, 0.2) is 5.78 Å². The molecule has 98 valence electrons. The molecule has 1 saturated heterocycles. The molecule has 1 aliphatic rings. The van der Waals surface area contributed by atoms with Crippen LogP contribution in [0.1, 0.15) is 21.5 Å². The minimum absolute atomic E-state index is 0.158. The van der Waals surface area contributed by atoms with Crippen molar-refractivity contribution >= 4 is 16.6 Å². The van der Waals surface area contributed by atoms with Gasteiger partial charge in [-0.25, -0.2) is 0 Å². The smallest absolute Gasteiger partial charge is 0.176 e. The van der Waals surface area contributed by atoms with Gasteiger partial charge in [0.2, 0.25) is 0 Å². The molecule has 0 atom stereocenters. The first-order valence-corrected chi connectivity index (χ1v) is 7.73. The summed E-state index contributed by atoms with van der Waals surface area (Å²) in [4.78, 5) is 14.2. The Kier molecular flexibility index (Phi) is 4.30. The molecular weight excluding hydrogens is 246 g/mol. The van der Waals surface area contributed by atoms with E-state index in [-0.39, 0.29) is 5.78 Å². The molecule has 1 heterocycles. The number of benzene rings is 1. The monoisotopic (exact) mass is 265 g/mol. The van der Waals surface area contributed by atoms with Gasteiger partial charge in [-0.15, -0.1) is 0 Å². The number of ketones is 1. The number of Topliss-reactive ketones (excluding diaryl/α,β-unsaturated/α-hetero) is 1. The molecule has 0 bridgehead atoms. The van der Waals surface area contributed by atoms with Crippen LogP contribution in [0.3, 0.4) is 0 Å². The number of carbonyl (C=O) groups excluding carboxylic acids is 1. The molecule has 1 aliphatic heterocycles. The van der Waals surface area contributed by atoms with Crippen LogP contribution in [0.25, 0.3) is 0 Å². The molecule has 0 aromatic heterocycles. The van der Waals surface area contributed by atoms with Crippen LogP contribution in [0.2, 0.25) is 0 Å². The number of carbonyl (C=O) groups is 1. The van der Waals surface area contributed by atoms with Crippen molar-refractivity contribution in [1.29, 1.82) is 0 Å². The molecule has 0 spiro atoms. The van der Waals surface area contributed by atoms with Crippen molar-refractivity contribution in [3.05, 3.63) is 34.9 Å². The Morgan fingerprint density at radius 2 is 1.89 bits per heavy atom. The van der Waals surface area contributed by atoms with Gasteiger partial charge in [-0.3, -0.25) is 13.9 Å². The second kappa shape index (κ2) is 5.76. The normalized spacial score (nSPS) is 17.9. The summed E-state index contributed by atoms with van der Waals surface area (Å²) in [6.45, 7) is 6.05. The van der Waals surface area contributed by atoms with E-state index in [2.05, 4.69) is 4.90 Å². The second-order valence-corrected chi connectivity index (χ2v) is 6.54. The van der Waals surface area contributed by atoms with Crippen molar-refractivity contribution in [1.82, 2.24) is 4.90 Å². The van der Waals surface area contributed by atoms with Gasteiger partial charge in [0.05, 0.1) is 6.54 Å². The third-order valence-corrected chi connectivity index (χ3v) is 4.74. The average Bonchev–Trinajstić information content (AvgIpc) is 2.35. The zero-order chi connectivity index (χ0) is 13.1. The lowest BCUT2D eigenvalue weighted by Gasteiger charge is -2.25. The molecule has 0 radical (unpaired) electrons. The van der Waals surface area contributed by atoms with E-state index in [9.17, 15) is 9.00 Å². The molecule has 1 fully saturated rings. The van der Waals surface area contributed by atoms with Crippen molar-refractivity contribution in [3.8, 4) is 0 Å². The van der Waals surface area contributed by atoms with Gasteiger partial charge < -0.3 is 0 Å². The van der Waals surface area contributed by atoms with Crippen molar-refractivity contribution < 1.29 is 9.00 Å². The van der Waals surface area contributed by atoms with Crippen molar-refractivity contribution in [2.24, 2.45) is 0 Å². The number of aryl methyl sites for hydroxylation is 2. The van der Waals surface area contributed by atoms with E-state index in [1.807, 2.05) is 32.0 Å². The zero-order valence-electron chi connectivity index (χ0n) is 10.9. The van der Waals surface area contributed by atoms with Crippen molar-refractivity contribution in [3.63, 3.8) is 0 Å². The number of hydrogen-bond acceptors (Lipinski definition) is 3. The Morgan fingerprint density at radius 1 is 1.22 bits per heavy atom. The van der Waals surface area contributed by atoms with Gasteiger partial charge in [0, 0.05) is 41.0 Å². The van der Waals surface area contributed by atoms with Gasteiger partial charge >= 0.3 is 0 Å². The summed E-state index contributed by atoms with van der Waals surface area (Å²) in [5.41, 5.74) is 3.14. The van der Waals surface area contributed by atoms with Crippen LogP contribution >= 0.6 is 0 Å². The van der Waals surface area contributed by atoms with Crippen LogP contribution in [-0.4, -0.2) is 46.0 Å². The Bertz CT molecular complexity index is 475. The number of rotatable bonds is 3. The quantitative estimate of drug-likeness (QED) is 0.778. The minimum atomic E-state index is -0.680. The van der Waals surface area contributed by atoms with Crippen LogP contribution in [-0.2, 0) is 10.8 Å². The summed E-state index contributed by atoms with van der Waals surface area (Å²) in [5, 5.41) is 0. The first-order valence-electron chi connectivity index (χ1n) is 6.24. The van der Waals surface area contributed by atoms with Crippen molar-refractivity contribution in [2.45, 2.75) is 13.8 Å². The molecule has 1 aromatic rings. The maximum Gasteiger partial charge on any atom is 0.176 e. The predicted octanol–water partition coefficient (Wildman–Crippen LogP) is 1.55. The van der Waals surface area contributed by atoms with E-state index in [1.165, 1.54) is 5.56 Å². The third kappa shape index (κ3) is 3.27. The van der Waals surface area contributed by atoms with Crippen LogP contribution in [0.15, 0.2) is 18.2 Å². The molecule has 2 rings (SSSR count). The standard InChI is InChI=1S/C14H19NO2S/c1-11-3-4-13(9-12(11)2)14(16)10-15-5-7-18(17)8-6-15/h3-4,9H,5-8,10H2,1-2H3. The van der Waals surface area contributed by atoms with Gasteiger partial charge in [0.1, 0.15) is 0 Å². The van der Waals surface area contributed by atoms with E-state index in [0.717, 1.165) is 24.2 Å². The first-order chi connectivity index (χ1) is 8.56. The summed E-state index contributed by atoms with van der Waals surface area (Å²) in [6, 6.07) is 5.85. The van der Waals surface area contributed by atoms with Gasteiger partial charge in [-0.2, -0.15) is 0 Å². The predicted molar refractivity (Wildman–Crippen MR) is 74.6 cm³/mol. The summed E-state index contributed by atoms with van der Waals surface area (Å²) >= 11 is 0. The maximum atomic E-state index is 12.1. The Hall–Kier alpha value is -1.00.